The van der Waals surface area contributed by atoms with E-state index in [1.807, 2.05) is 17.0 Å². The van der Waals surface area contributed by atoms with Crippen LogP contribution in [0.1, 0.15) is 26.2 Å². The van der Waals surface area contributed by atoms with E-state index in [0.717, 1.165) is 24.9 Å². The van der Waals surface area contributed by atoms with E-state index in [-0.39, 0.29) is 5.91 Å². The molecule has 0 aliphatic carbocycles. The van der Waals surface area contributed by atoms with Crippen LogP contribution in [-0.2, 0) is 4.79 Å². The maximum atomic E-state index is 12.3. The number of anilines is 1. The quantitative estimate of drug-likeness (QED) is 0.684. The summed E-state index contributed by atoms with van der Waals surface area (Å²) in [6.45, 7) is 2.95. The molecular formula is C16H20N4O2S. The van der Waals surface area contributed by atoms with Crippen LogP contribution in [0.2, 0.25) is 0 Å². The topological polar surface area (TPSA) is 85.2 Å². The summed E-state index contributed by atoms with van der Waals surface area (Å²) in [6.07, 6.45) is 3.37. The van der Waals surface area contributed by atoms with Crippen molar-refractivity contribution in [2.24, 2.45) is 0 Å². The molecule has 6 nitrogen and oxygen atoms in total. The molecule has 0 bridgehead atoms. The number of hydrogen-bond acceptors (Lipinski definition) is 6. The number of rotatable bonds is 4. The van der Waals surface area contributed by atoms with E-state index in [2.05, 4.69) is 17.1 Å². The molecule has 1 aromatic carbocycles. The summed E-state index contributed by atoms with van der Waals surface area (Å²) >= 11 is 1.29. The number of likely N-dealkylation sites (tertiary alicyclic amines) is 1. The molecule has 1 aliphatic heterocycles. The van der Waals surface area contributed by atoms with Crippen molar-refractivity contribution in [2.45, 2.75) is 37.5 Å². The number of piperidine rings is 1. The van der Waals surface area contributed by atoms with Gasteiger partial charge in [-0.15, -0.1) is 10.2 Å². The molecule has 1 amide bonds. The minimum Gasteiger partial charge on any atom is -0.411 e. The van der Waals surface area contributed by atoms with E-state index in [4.69, 9.17) is 10.2 Å². The number of aromatic nitrogens is 2. The molecule has 1 aliphatic rings. The van der Waals surface area contributed by atoms with Crippen molar-refractivity contribution >= 4 is 23.4 Å². The lowest BCUT2D eigenvalue weighted by molar-refractivity contribution is -0.131. The normalized spacial score (nSPS) is 18.1. The first kappa shape index (κ1) is 15.9. The van der Waals surface area contributed by atoms with Crippen LogP contribution in [0.3, 0.4) is 0 Å². The molecule has 122 valence electrons. The Morgan fingerprint density at radius 2 is 2.13 bits per heavy atom. The molecule has 23 heavy (non-hydrogen) atoms. The first-order chi connectivity index (χ1) is 11.1. The summed E-state index contributed by atoms with van der Waals surface area (Å²) in [5.41, 5.74) is 7.16. The lowest BCUT2D eigenvalue weighted by Crippen LogP contribution is -2.42. The highest BCUT2D eigenvalue weighted by Gasteiger charge is 2.23. The average Bonchev–Trinajstić information content (AvgIpc) is 3.03. The average molecular weight is 332 g/mol. The highest BCUT2D eigenvalue weighted by atomic mass is 32.2. The molecule has 1 aromatic heterocycles. The summed E-state index contributed by atoms with van der Waals surface area (Å²) in [4.78, 5) is 14.2. The fourth-order valence-electron chi connectivity index (χ4n) is 2.69. The van der Waals surface area contributed by atoms with E-state index in [0.29, 0.717) is 28.6 Å². The molecule has 3 rings (SSSR count). The van der Waals surface area contributed by atoms with Gasteiger partial charge in [0, 0.05) is 23.8 Å². The zero-order chi connectivity index (χ0) is 16.2. The first-order valence-corrected chi connectivity index (χ1v) is 8.74. The van der Waals surface area contributed by atoms with Crippen molar-refractivity contribution < 1.29 is 9.21 Å². The van der Waals surface area contributed by atoms with Crippen LogP contribution in [0, 0.1) is 0 Å². The minimum atomic E-state index is 0.134. The highest BCUT2D eigenvalue weighted by Crippen LogP contribution is 2.25. The second-order valence-electron chi connectivity index (χ2n) is 5.72. The molecule has 7 heteroatoms. The Bertz CT molecular complexity index is 671. The first-order valence-electron chi connectivity index (χ1n) is 7.75. The number of amides is 1. The lowest BCUT2D eigenvalue weighted by Gasteiger charge is -2.33. The van der Waals surface area contributed by atoms with Crippen LogP contribution in [0.25, 0.3) is 11.5 Å². The van der Waals surface area contributed by atoms with E-state index in [9.17, 15) is 4.79 Å². The van der Waals surface area contributed by atoms with Crippen LogP contribution >= 0.6 is 11.8 Å². The van der Waals surface area contributed by atoms with E-state index in [1.165, 1.54) is 18.2 Å². The fourth-order valence-corrected chi connectivity index (χ4v) is 3.33. The van der Waals surface area contributed by atoms with Gasteiger partial charge >= 0.3 is 0 Å². The Morgan fingerprint density at radius 3 is 2.87 bits per heavy atom. The summed E-state index contributed by atoms with van der Waals surface area (Å²) in [5.74, 6) is 0.897. The maximum absolute atomic E-state index is 12.3. The predicted molar refractivity (Wildman–Crippen MR) is 89.9 cm³/mol. The van der Waals surface area contributed by atoms with Crippen LogP contribution in [0.5, 0.6) is 0 Å². The Kier molecular flexibility index (Phi) is 4.85. The number of carbonyl (C=O) groups is 1. The summed E-state index contributed by atoms with van der Waals surface area (Å²) in [5, 5.41) is 8.43. The lowest BCUT2D eigenvalue weighted by atomic mass is 10.0. The molecule has 2 aromatic rings. The molecule has 1 fully saturated rings. The standard InChI is InChI=1S/C16H20N4O2S/c1-11-4-2-3-9-20(11)14(21)10-23-16-19-18-15(22-16)12-5-7-13(17)8-6-12/h5-8,11H,2-4,9-10,17H2,1H3. The van der Waals surface area contributed by atoms with Crippen molar-refractivity contribution in [3.63, 3.8) is 0 Å². The van der Waals surface area contributed by atoms with Gasteiger partial charge in [-0.1, -0.05) is 11.8 Å². The number of nitrogens with zero attached hydrogens (tertiary/aromatic N) is 3. The van der Waals surface area contributed by atoms with Gasteiger partial charge in [-0.05, 0) is 50.5 Å². The molecule has 2 heterocycles. The molecule has 0 radical (unpaired) electrons. The summed E-state index contributed by atoms with van der Waals surface area (Å²) in [7, 11) is 0. The second kappa shape index (κ2) is 7.04. The van der Waals surface area contributed by atoms with Crippen molar-refractivity contribution in [2.75, 3.05) is 18.0 Å². The number of thioether (sulfide) groups is 1. The summed E-state index contributed by atoms with van der Waals surface area (Å²) < 4.78 is 5.60. The van der Waals surface area contributed by atoms with Crippen LogP contribution < -0.4 is 5.73 Å². The largest absolute Gasteiger partial charge is 0.411 e. The second-order valence-corrected chi connectivity index (χ2v) is 6.64. The molecule has 2 N–H and O–H groups in total. The fraction of sp³-hybridized carbons (Fsp3) is 0.438. The maximum Gasteiger partial charge on any atom is 0.277 e. The van der Waals surface area contributed by atoms with Gasteiger partial charge < -0.3 is 15.1 Å². The zero-order valence-electron chi connectivity index (χ0n) is 13.1. The number of carbonyl (C=O) groups excluding carboxylic acids is 1. The molecular weight excluding hydrogens is 312 g/mol. The van der Waals surface area contributed by atoms with Gasteiger partial charge in [0.15, 0.2) is 0 Å². The Hall–Kier alpha value is -2.02. The molecule has 1 unspecified atom stereocenters. The predicted octanol–water partition coefficient (Wildman–Crippen LogP) is 2.81. The van der Waals surface area contributed by atoms with E-state index < -0.39 is 0 Å². The smallest absolute Gasteiger partial charge is 0.277 e. The van der Waals surface area contributed by atoms with Gasteiger partial charge in [0.2, 0.25) is 11.8 Å². The Morgan fingerprint density at radius 1 is 1.35 bits per heavy atom. The van der Waals surface area contributed by atoms with E-state index in [1.54, 1.807) is 12.1 Å². The van der Waals surface area contributed by atoms with Gasteiger partial charge in [0.25, 0.3) is 5.22 Å². The van der Waals surface area contributed by atoms with Crippen molar-refractivity contribution in [3.8, 4) is 11.5 Å². The number of nitrogens with two attached hydrogens (primary N) is 1. The van der Waals surface area contributed by atoms with Crippen LogP contribution in [0.15, 0.2) is 33.9 Å². The Labute approximate surface area is 139 Å². The third-order valence-electron chi connectivity index (χ3n) is 4.01. The summed E-state index contributed by atoms with van der Waals surface area (Å²) in [6, 6.07) is 7.56. The molecule has 1 atom stereocenters. The van der Waals surface area contributed by atoms with Gasteiger partial charge in [0.05, 0.1) is 5.75 Å². The third kappa shape index (κ3) is 3.85. The van der Waals surface area contributed by atoms with Gasteiger partial charge in [0.1, 0.15) is 0 Å². The highest BCUT2D eigenvalue weighted by molar-refractivity contribution is 7.99. The third-order valence-corrected chi connectivity index (χ3v) is 4.81. The van der Waals surface area contributed by atoms with Crippen molar-refractivity contribution in [1.82, 2.24) is 15.1 Å². The SMILES string of the molecule is CC1CCCCN1C(=O)CSc1nnc(-c2ccc(N)cc2)o1. The van der Waals surface area contributed by atoms with Crippen LogP contribution in [-0.4, -0.2) is 39.3 Å². The number of benzene rings is 1. The zero-order valence-corrected chi connectivity index (χ0v) is 13.9. The Balaban J connectivity index is 1.58. The molecule has 0 saturated carbocycles. The number of nitrogen functional groups attached to an aromatic ring is 1. The van der Waals surface area contributed by atoms with Crippen molar-refractivity contribution in [3.05, 3.63) is 24.3 Å². The number of hydrogen-bond donors (Lipinski definition) is 1. The van der Waals surface area contributed by atoms with Crippen molar-refractivity contribution in [1.29, 1.82) is 0 Å². The molecule has 1 saturated heterocycles. The van der Waals surface area contributed by atoms with Gasteiger partial charge in [-0.25, -0.2) is 0 Å². The van der Waals surface area contributed by atoms with E-state index >= 15 is 0 Å². The minimum absolute atomic E-state index is 0.134. The van der Waals surface area contributed by atoms with Gasteiger partial charge in [-0.3, -0.25) is 4.79 Å². The monoisotopic (exact) mass is 332 g/mol. The van der Waals surface area contributed by atoms with Gasteiger partial charge in [-0.2, -0.15) is 0 Å². The molecule has 0 spiro atoms. The van der Waals surface area contributed by atoms with Crippen LogP contribution in [0.4, 0.5) is 5.69 Å².